The number of amides is 2. The minimum absolute atomic E-state index is 0.0745. The van der Waals surface area contributed by atoms with Crippen LogP contribution in [0.15, 0.2) is 77.7 Å². The lowest BCUT2D eigenvalue weighted by atomic mass is 10.1. The number of carbonyl (C=O) groups is 2. The maximum Gasteiger partial charge on any atom is 0.264 e. The van der Waals surface area contributed by atoms with Crippen LogP contribution in [-0.4, -0.2) is 43.8 Å². The van der Waals surface area contributed by atoms with Gasteiger partial charge in [0.15, 0.2) is 0 Å². The van der Waals surface area contributed by atoms with Gasteiger partial charge in [0.1, 0.15) is 12.6 Å². The number of nitrogens with zero attached hydrogens (tertiary/aromatic N) is 2. The third-order valence-corrected chi connectivity index (χ3v) is 8.64. The molecule has 0 radical (unpaired) electrons. The van der Waals surface area contributed by atoms with Crippen molar-refractivity contribution in [2.24, 2.45) is 0 Å². The van der Waals surface area contributed by atoms with E-state index in [2.05, 4.69) is 5.32 Å². The van der Waals surface area contributed by atoms with E-state index in [0.717, 1.165) is 27.4 Å². The smallest absolute Gasteiger partial charge is 0.264 e. The fourth-order valence-corrected chi connectivity index (χ4v) is 5.58. The van der Waals surface area contributed by atoms with Crippen LogP contribution in [0.5, 0.6) is 0 Å². The summed E-state index contributed by atoms with van der Waals surface area (Å²) in [7, 11) is -4.10. The first-order valence-corrected chi connectivity index (χ1v) is 14.7. The average Bonchev–Trinajstić information content (AvgIpc) is 2.90. The molecule has 9 heteroatoms. The van der Waals surface area contributed by atoms with Gasteiger partial charge in [-0.1, -0.05) is 66.0 Å². The molecule has 0 aliphatic rings. The van der Waals surface area contributed by atoms with Gasteiger partial charge in [-0.2, -0.15) is 0 Å². The molecule has 39 heavy (non-hydrogen) atoms. The van der Waals surface area contributed by atoms with E-state index in [1.54, 1.807) is 61.5 Å². The van der Waals surface area contributed by atoms with Crippen molar-refractivity contribution in [3.8, 4) is 0 Å². The van der Waals surface area contributed by atoms with E-state index in [0.29, 0.717) is 10.7 Å². The van der Waals surface area contributed by atoms with Gasteiger partial charge >= 0.3 is 0 Å². The number of nitrogens with one attached hydrogen (secondary N) is 1. The molecule has 1 N–H and O–H groups in total. The highest BCUT2D eigenvalue weighted by Crippen LogP contribution is 2.25. The summed E-state index contributed by atoms with van der Waals surface area (Å²) in [5, 5.41) is 3.42. The Hall–Kier alpha value is -3.36. The monoisotopic (exact) mass is 569 g/mol. The fraction of sp³-hybridized carbons (Fsp3) is 0.333. The largest absolute Gasteiger partial charge is 0.352 e. The third kappa shape index (κ3) is 7.83. The Kier molecular flexibility index (Phi) is 10.2. The highest BCUT2D eigenvalue weighted by atomic mass is 35.5. The Morgan fingerprint density at radius 2 is 1.51 bits per heavy atom. The molecule has 3 aromatic rings. The van der Waals surface area contributed by atoms with Gasteiger partial charge in [0.2, 0.25) is 11.8 Å². The van der Waals surface area contributed by atoms with Crippen LogP contribution in [0, 0.1) is 13.8 Å². The molecule has 0 aliphatic carbocycles. The van der Waals surface area contributed by atoms with E-state index in [9.17, 15) is 18.0 Å². The SMILES string of the molecule is CC[C@@H](C)NC(=O)[C@@H](C)N(Cc1cccc(Cl)c1)C(=O)CN(c1ccc(C)cc1)S(=O)(=O)c1ccc(C)cc1. The number of hydrogen-bond acceptors (Lipinski definition) is 4. The number of carbonyl (C=O) groups excluding carboxylic acids is 2. The summed E-state index contributed by atoms with van der Waals surface area (Å²) in [6, 6.07) is 19.5. The van der Waals surface area contributed by atoms with Gasteiger partial charge in [0.25, 0.3) is 10.0 Å². The second-order valence-electron chi connectivity index (χ2n) is 9.81. The standard InChI is InChI=1S/C30H36ClN3O4S/c1-6-23(4)32-30(36)24(5)33(19-25-8-7-9-26(31)18-25)29(35)20-34(27-14-10-21(2)11-15-27)39(37,38)28-16-12-22(3)13-17-28/h7-18,23-24H,6,19-20H2,1-5H3,(H,32,36)/t23-,24-/m1/s1. The Morgan fingerprint density at radius 1 is 0.923 bits per heavy atom. The van der Waals surface area contributed by atoms with Crippen molar-refractivity contribution >= 4 is 39.1 Å². The maximum atomic E-state index is 13.9. The summed E-state index contributed by atoms with van der Waals surface area (Å²) in [5.41, 5.74) is 2.95. The molecule has 208 valence electrons. The van der Waals surface area contributed by atoms with E-state index in [-0.39, 0.29) is 23.4 Å². The topological polar surface area (TPSA) is 86.8 Å². The van der Waals surface area contributed by atoms with E-state index in [1.165, 1.54) is 17.0 Å². The second kappa shape index (κ2) is 13.1. The first-order valence-electron chi connectivity index (χ1n) is 12.9. The molecular formula is C30H36ClN3O4S. The Balaban J connectivity index is 2.02. The summed E-state index contributed by atoms with van der Waals surface area (Å²) in [4.78, 5) is 28.5. The zero-order valence-corrected chi connectivity index (χ0v) is 24.6. The molecule has 0 heterocycles. The van der Waals surface area contributed by atoms with Crippen LogP contribution in [0.25, 0.3) is 0 Å². The maximum absolute atomic E-state index is 13.9. The average molecular weight is 570 g/mol. The van der Waals surface area contributed by atoms with E-state index in [1.807, 2.05) is 33.8 Å². The van der Waals surface area contributed by atoms with Crippen molar-refractivity contribution < 1.29 is 18.0 Å². The molecule has 0 saturated heterocycles. The predicted molar refractivity (Wildman–Crippen MR) is 156 cm³/mol. The number of halogens is 1. The van der Waals surface area contributed by atoms with Crippen molar-refractivity contribution in [3.05, 3.63) is 94.5 Å². The molecular weight excluding hydrogens is 534 g/mol. The molecule has 2 atom stereocenters. The lowest BCUT2D eigenvalue weighted by Gasteiger charge is -2.32. The van der Waals surface area contributed by atoms with Crippen molar-refractivity contribution in [1.82, 2.24) is 10.2 Å². The van der Waals surface area contributed by atoms with Crippen LogP contribution in [0.4, 0.5) is 5.69 Å². The van der Waals surface area contributed by atoms with Crippen LogP contribution in [0.1, 0.15) is 43.9 Å². The van der Waals surface area contributed by atoms with Crippen molar-refractivity contribution in [3.63, 3.8) is 0 Å². The quantitative estimate of drug-likeness (QED) is 0.331. The van der Waals surface area contributed by atoms with Crippen LogP contribution in [0.2, 0.25) is 5.02 Å². The highest BCUT2D eigenvalue weighted by Gasteiger charge is 2.32. The summed E-state index contributed by atoms with van der Waals surface area (Å²) >= 11 is 6.18. The zero-order chi connectivity index (χ0) is 28.7. The first-order chi connectivity index (χ1) is 18.4. The Morgan fingerprint density at radius 3 is 2.08 bits per heavy atom. The van der Waals surface area contributed by atoms with Crippen molar-refractivity contribution in [1.29, 1.82) is 0 Å². The van der Waals surface area contributed by atoms with Crippen molar-refractivity contribution in [2.45, 2.75) is 64.6 Å². The number of aryl methyl sites for hydroxylation is 2. The molecule has 3 rings (SSSR count). The normalized spacial score (nSPS) is 12.9. The molecule has 0 unspecified atom stereocenters. The van der Waals surface area contributed by atoms with Gasteiger partial charge in [-0.05, 0) is 76.1 Å². The Bertz CT molecular complexity index is 1390. The summed E-state index contributed by atoms with van der Waals surface area (Å²) in [6.45, 7) is 8.86. The molecule has 0 aromatic heterocycles. The molecule has 0 saturated carbocycles. The van der Waals surface area contributed by atoms with Gasteiger partial charge in [0, 0.05) is 17.6 Å². The third-order valence-electron chi connectivity index (χ3n) is 6.62. The van der Waals surface area contributed by atoms with Crippen LogP contribution < -0.4 is 9.62 Å². The minimum Gasteiger partial charge on any atom is -0.352 e. The Labute approximate surface area is 236 Å². The second-order valence-corrected chi connectivity index (χ2v) is 12.1. The highest BCUT2D eigenvalue weighted by molar-refractivity contribution is 7.92. The fourth-order valence-electron chi connectivity index (χ4n) is 3.96. The number of hydrogen-bond donors (Lipinski definition) is 1. The van der Waals surface area contributed by atoms with Gasteiger partial charge in [-0.15, -0.1) is 0 Å². The van der Waals surface area contributed by atoms with Crippen LogP contribution >= 0.6 is 11.6 Å². The van der Waals surface area contributed by atoms with E-state index in [4.69, 9.17) is 11.6 Å². The summed E-state index contributed by atoms with van der Waals surface area (Å²) in [6.07, 6.45) is 0.733. The lowest BCUT2D eigenvalue weighted by molar-refractivity contribution is -0.139. The number of sulfonamides is 1. The van der Waals surface area contributed by atoms with Crippen molar-refractivity contribution in [2.75, 3.05) is 10.8 Å². The molecule has 3 aromatic carbocycles. The zero-order valence-electron chi connectivity index (χ0n) is 23.0. The number of benzene rings is 3. The molecule has 0 spiro atoms. The molecule has 0 fully saturated rings. The van der Waals surface area contributed by atoms with Gasteiger partial charge in [-0.3, -0.25) is 13.9 Å². The minimum atomic E-state index is -4.10. The summed E-state index contributed by atoms with van der Waals surface area (Å²) in [5.74, 6) is -0.832. The molecule has 0 aliphatic heterocycles. The number of rotatable bonds is 11. The summed E-state index contributed by atoms with van der Waals surface area (Å²) < 4.78 is 28.8. The predicted octanol–water partition coefficient (Wildman–Crippen LogP) is 5.48. The lowest BCUT2D eigenvalue weighted by Crippen LogP contribution is -2.52. The molecule has 0 bridgehead atoms. The van der Waals surface area contributed by atoms with Gasteiger partial charge in [0.05, 0.1) is 10.6 Å². The number of anilines is 1. The van der Waals surface area contributed by atoms with E-state index < -0.39 is 28.5 Å². The molecule has 7 nitrogen and oxygen atoms in total. The van der Waals surface area contributed by atoms with Gasteiger partial charge < -0.3 is 10.2 Å². The first kappa shape index (κ1) is 30.2. The van der Waals surface area contributed by atoms with Crippen LogP contribution in [0.3, 0.4) is 0 Å². The molecule has 2 amide bonds. The van der Waals surface area contributed by atoms with Gasteiger partial charge in [-0.25, -0.2) is 8.42 Å². The van der Waals surface area contributed by atoms with Crippen LogP contribution in [-0.2, 0) is 26.2 Å². The van der Waals surface area contributed by atoms with E-state index >= 15 is 0 Å².